The van der Waals surface area contributed by atoms with Crippen molar-refractivity contribution in [2.45, 2.75) is 40.3 Å². The molecule has 1 N–H and O–H groups in total. The van der Waals surface area contributed by atoms with E-state index in [4.69, 9.17) is 4.74 Å². The Bertz CT molecular complexity index is 771. The lowest BCUT2D eigenvalue weighted by molar-refractivity contribution is 0.0696. The van der Waals surface area contributed by atoms with Gasteiger partial charge >= 0.3 is 12.1 Å². The molecule has 2 aromatic rings. The number of carbonyl (C=O) groups is 2. The first-order valence-electron chi connectivity index (χ1n) is 8.65. The van der Waals surface area contributed by atoms with Gasteiger partial charge in [-0.1, -0.05) is 50.2 Å². The van der Waals surface area contributed by atoms with Crippen LogP contribution in [0, 0.1) is 12.8 Å². The minimum absolute atomic E-state index is 0.152. The number of carboxylic acids is 1. The zero-order valence-corrected chi connectivity index (χ0v) is 15.6. The highest BCUT2D eigenvalue weighted by atomic mass is 16.6. The lowest BCUT2D eigenvalue weighted by atomic mass is 10.0. The number of carboxylic acid groups (broad SMARTS) is 1. The van der Waals surface area contributed by atoms with Gasteiger partial charge in [-0.05, 0) is 43.0 Å². The Morgan fingerprint density at radius 3 is 2.27 bits per heavy atom. The first-order chi connectivity index (χ1) is 12.3. The van der Waals surface area contributed by atoms with Gasteiger partial charge in [-0.25, -0.2) is 9.59 Å². The highest BCUT2D eigenvalue weighted by Gasteiger charge is 2.28. The molecule has 0 saturated carbocycles. The summed E-state index contributed by atoms with van der Waals surface area (Å²) >= 11 is 0. The van der Waals surface area contributed by atoms with Crippen LogP contribution in [-0.4, -0.2) is 23.2 Å². The van der Waals surface area contributed by atoms with E-state index in [1.807, 2.05) is 51.1 Å². The van der Waals surface area contributed by atoms with Crippen LogP contribution in [0.4, 0.5) is 10.5 Å². The summed E-state index contributed by atoms with van der Waals surface area (Å²) in [6.07, 6.45) is -0.485. The van der Waals surface area contributed by atoms with Crippen LogP contribution in [0.2, 0.25) is 0 Å². The van der Waals surface area contributed by atoms with Crippen molar-refractivity contribution in [3.8, 4) is 0 Å². The molecule has 0 aromatic heterocycles. The normalized spacial score (nSPS) is 11.9. The molecule has 1 atom stereocenters. The quantitative estimate of drug-likeness (QED) is 0.802. The molecule has 5 heteroatoms. The first kappa shape index (κ1) is 19.5. The number of rotatable bonds is 6. The maximum absolute atomic E-state index is 12.9. The minimum Gasteiger partial charge on any atom is -0.478 e. The molecule has 0 spiro atoms. The number of carbonyl (C=O) groups excluding carboxylic acids is 1. The van der Waals surface area contributed by atoms with E-state index in [2.05, 4.69) is 0 Å². The molecule has 0 heterocycles. The van der Waals surface area contributed by atoms with Gasteiger partial charge in [0.15, 0.2) is 0 Å². The van der Waals surface area contributed by atoms with Gasteiger partial charge in [0, 0.05) is 6.04 Å². The fourth-order valence-electron chi connectivity index (χ4n) is 2.69. The lowest BCUT2D eigenvalue weighted by Crippen LogP contribution is -2.42. The van der Waals surface area contributed by atoms with Crippen molar-refractivity contribution >= 4 is 17.7 Å². The third-order valence-electron chi connectivity index (χ3n) is 4.57. The SMILES string of the molecule is Cc1c(C(=O)O)cccc1N(C(=O)OCc1ccccc1)C(C)C(C)C. The van der Waals surface area contributed by atoms with E-state index in [-0.39, 0.29) is 24.1 Å². The summed E-state index contributed by atoms with van der Waals surface area (Å²) in [5, 5.41) is 9.38. The van der Waals surface area contributed by atoms with Crippen molar-refractivity contribution in [3.05, 3.63) is 65.2 Å². The van der Waals surface area contributed by atoms with E-state index in [1.54, 1.807) is 24.0 Å². The molecule has 138 valence electrons. The Morgan fingerprint density at radius 1 is 1.04 bits per heavy atom. The van der Waals surface area contributed by atoms with Gasteiger partial charge in [0.1, 0.15) is 6.61 Å². The zero-order valence-electron chi connectivity index (χ0n) is 15.6. The Kier molecular flexibility index (Phi) is 6.39. The van der Waals surface area contributed by atoms with Crippen molar-refractivity contribution in [2.75, 3.05) is 4.90 Å². The topological polar surface area (TPSA) is 66.8 Å². The second kappa shape index (κ2) is 8.52. The molecule has 0 radical (unpaired) electrons. The molecule has 26 heavy (non-hydrogen) atoms. The maximum Gasteiger partial charge on any atom is 0.414 e. The van der Waals surface area contributed by atoms with Crippen LogP contribution in [0.15, 0.2) is 48.5 Å². The summed E-state index contributed by atoms with van der Waals surface area (Å²) in [7, 11) is 0. The number of nitrogens with zero attached hydrogens (tertiary/aromatic N) is 1. The van der Waals surface area contributed by atoms with Gasteiger partial charge in [0.25, 0.3) is 0 Å². The molecule has 0 aliphatic rings. The fraction of sp³-hybridized carbons (Fsp3) is 0.333. The number of amides is 1. The summed E-state index contributed by atoms with van der Waals surface area (Å²) in [4.78, 5) is 25.8. The van der Waals surface area contributed by atoms with Crippen LogP contribution >= 0.6 is 0 Å². The van der Waals surface area contributed by atoms with E-state index < -0.39 is 12.1 Å². The number of hydrogen-bond acceptors (Lipinski definition) is 3. The molecular formula is C21H25NO4. The van der Waals surface area contributed by atoms with Crippen LogP contribution in [0.5, 0.6) is 0 Å². The molecule has 0 fully saturated rings. The molecular weight excluding hydrogens is 330 g/mol. The molecule has 2 rings (SSSR count). The lowest BCUT2D eigenvalue weighted by Gasteiger charge is -2.32. The molecule has 0 bridgehead atoms. The predicted molar refractivity (Wildman–Crippen MR) is 102 cm³/mol. The van der Waals surface area contributed by atoms with Crippen molar-refractivity contribution in [3.63, 3.8) is 0 Å². The standard InChI is InChI=1S/C21H25NO4/c1-14(2)16(4)22(19-12-8-11-18(15(19)3)20(23)24)21(25)26-13-17-9-6-5-7-10-17/h5-12,14,16H,13H2,1-4H3,(H,23,24). The van der Waals surface area contributed by atoms with Gasteiger partial charge in [-0.2, -0.15) is 0 Å². The highest BCUT2D eigenvalue weighted by Crippen LogP contribution is 2.28. The predicted octanol–water partition coefficient (Wildman–Crippen LogP) is 4.88. The third kappa shape index (κ3) is 4.42. The molecule has 2 aromatic carbocycles. The van der Waals surface area contributed by atoms with Crippen molar-refractivity contribution in [1.29, 1.82) is 0 Å². The number of benzene rings is 2. The number of anilines is 1. The molecule has 0 aliphatic heterocycles. The molecule has 0 saturated heterocycles. The van der Waals surface area contributed by atoms with E-state index in [0.29, 0.717) is 11.3 Å². The van der Waals surface area contributed by atoms with Crippen molar-refractivity contribution < 1.29 is 19.4 Å². The third-order valence-corrected chi connectivity index (χ3v) is 4.57. The zero-order chi connectivity index (χ0) is 19.3. The van der Waals surface area contributed by atoms with E-state index >= 15 is 0 Å². The summed E-state index contributed by atoms with van der Waals surface area (Å²) in [6, 6.07) is 14.2. The summed E-state index contributed by atoms with van der Waals surface area (Å²) in [5.74, 6) is -0.841. The van der Waals surface area contributed by atoms with Crippen LogP contribution < -0.4 is 4.90 Å². The van der Waals surface area contributed by atoms with Crippen molar-refractivity contribution in [2.24, 2.45) is 5.92 Å². The van der Waals surface area contributed by atoms with Crippen LogP contribution in [-0.2, 0) is 11.3 Å². The average molecular weight is 355 g/mol. The van der Waals surface area contributed by atoms with Crippen LogP contribution in [0.1, 0.15) is 42.3 Å². The fourth-order valence-corrected chi connectivity index (χ4v) is 2.69. The van der Waals surface area contributed by atoms with Gasteiger partial charge in [0.2, 0.25) is 0 Å². The summed E-state index contributed by atoms with van der Waals surface area (Å²) in [6.45, 7) is 7.83. The average Bonchev–Trinajstić information content (AvgIpc) is 2.62. The van der Waals surface area contributed by atoms with Crippen LogP contribution in [0.3, 0.4) is 0 Å². The maximum atomic E-state index is 12.9. The second-order valence-electron chi connectivity index (χ2n) is 6.65. The van der Waals surface area contributed by atoms with Gasteiger partial charge < -0.3 is 9.84 Å². The Labute approximate surface area is 154 Å². The molecule has 1 unspecified atom stereocenters. The van der Waals surface area contributed by atoms with E-state index in [0.717, 1.165) is 5.56 Å². The summed E-state index contributed by atoms with van der Waals surface area (Å²) in [5.41, 5.74) is 2.18. The van der Waals surface area contributed by atoms with Gasteiger partial charge in [-0.15, -0.1) is 0 Å². The number of hydrogen-bond donors (Lipinski definition) is 1. The van der Waals surface area contributed by atoms with Gasteiger partial charge in [-0.3, -0.25) is 4.90 Å². The molecule has 0 aliphatic carbocycles. The Hall–Kier alpha value is -2.82. The van der Waals surface area contributed by atoms with E-state index in [9.17, 15) is 14.7 Å². The minimum atomic E-state index is -1.01. The summed E-state index contributed by atoms with van der Waals surface area (Å²) < 4.78 is 5.51. The number of aromatic carboxylic acids is 1. The Morgan fingerprint density at radius 2 is 1.69 bits per heavy atom. The molecule has 1 amide bonds. The second-order valence-corrected chi connectivity index (χ2v) is 6.65. The molecule has 5 nitrogen and oxygen atoms in total. The smallest absolute Gasteiger partial charge is 0.414 e. The van der Waals surface area contributed by atoms with Crippen molar-refractivity contribution in [1.82, 2.24) is 0 Å². The monoisotopic (exact) mass is 355 g/mol. The first-order valence-corrected chi connectivity index (χ1v) is 8.65. The Balaban J connectivity index is 2.33. The van der Waals surface area contributed by atoms with E-state index in [1.165, 1.54) is 6.07 Å². The van der Waals surface area contributed by atoms with Gasteiger partial charge in [0.05, 0.1) is 11.3 Å². The van der Waals surface area contributed by atoms with Crippen LogP contribution in [0.25, 0.3) is 0 Å². The highest BCUT2D eigenvalue weighted by molar-refractivity contribution is 5.95. The largest absolute Gasteiger partial charge is 0.478 e. The number of ether oxygens (including phenoxy) is 1.